The number of rotatable bonds is 13. The topological polar surface area (TPSA) is 76.1 Å². The van der Waals surface area contributed by atoms with Crippen LogP contribution < -0.4 is 22.1 Å². The molecule has 0 unspecified atom stereocenters. The smallest absolute Gasteiger partial charge is 0.00745 e. The van der Waals surface area contributed by atoms with Crippen molar-refractivity contribution in [2.45, 2.75) is 38.5 Å². The minimum absolute atomic E-state index is 0.740. The number of hydrogen-bond acceptors (Lipinski definition) is 4. The van der Waals surface area contributed by atoms with Gasteiger partial charge in [0.25, 0.3) is 0 Å². The summed E-state index contributed by atoms with van der Waals surface area (Å²) < 4.78 is 0. The van der Waals surface area contributed by atoms with E-state index in [0.717, 1.165) is 45.7 Å². The highest BCUT2D eigenvalue weighted by Gasteiger charge is 1.91. The summed E-state index contributed by atoms with van der Waals surface area (Å²) >= 11 is 0. The van der Waals surface area contributed by atoms with Gasteiger partial charge in [0.05, 0.1) is 0 Å². The first kappa shape index (κ1) is 15.8. The second-order valence-corrected chi connectivity index (χ2v) is 4.20. The Balaban J connectivity index is 2.83. The summed E-state index contributed by atoms with van der Waals surface area (Å²) in [4.78, 5) is 0. The predicted molar refractivity (Wildman–Crippen MR) is 71.6 cm³/mol. The van der Waals surface area contributed by atoms with Gasteiger partial charge in [0, 0.05) is 13.1 Å². The van der Waals surface area contributed by atoms with Crippen LogP contribution in [0.4, 0.5) is 0 Å². The molecule has 0 radical (unpaired) electrons. The molecule has 0 heterocycles. The highest BCUT2D eigenvalue weighted by molar-refractivity contribution is 4.52. The van der Waals surface area contributed by atoms with Crippen LogP contribution in [0.3, 0.4) is 0 Å². The molecule has 4 nitrogen and oxygen atoms in total. The Bertz CT molecular complexity index is 106. The van der Waals surface area contributed by atoms with Crippen molar-refractivity contribution in [2.75, 3.05) is 39.3 Å². The van der Waals surface area contributed by atoms with Gasteiger partial charge < -0.3 is 22.1 Å². The van der Waals surface area contributed by atoms with Crippen LogP contribution in [-0.2, 0) is 0 Å². The van der Waals surface area contributed by atoms with Crippen molar-refractivity contribution in [3.8, 4) is 0 Å². The summed E-state index contributed by atoms with van der Waals surface area (Å²) in [5, 5.41) is 6.77. The van der Waals surface area contributed by atoms with Crippen molar-refractivity contribution < 1.29 is 0 Å². The molecule has 6 N–H and O–H groups in total. The first-order valence-corrected chi connectivity index (χ1v) is 6.73. The highest BCUT2D eigenvalue weighted by atomic mass is 14.9. The van der Waals surface area contributed by atoms with E-state index in [0.29, 0.717) is 0 Å². The second-order valence-electron chi connectivity index (χ2n) is 4.20. The van der Waals surface area contributed by atoms with E-state index in [4.69, 9.17) is 11.5 Å². The van der Waals surface area contributed by atoms with Crippen molar-refractivity contribution in [1.82, 2.24) is 10.6 Å². The molecule has 0 aromatic heterocycles. The fourth-order valence-electron chi connectivity index (χ4n) is 1.60. The maximum absolute atomic E-state index is 5.42. The van der Waals surface area contributed by atoms with Gasteiger partial charge in [-0.15, -0.1) is 0 Å². The van der Waals surface area contributed by atoms with Gasteiger partial charge in [-0.1, -0.05) is 12.8 Å². The standard InChI is InChI=1S/C12H30N4/c13-7-3-1-4-9-15-10-5-2-6-11-16-12-8-14/h15-16H,1-14H2. The van der Waals surface area contributed by atoms with Crippen LogP contribution in [0.5, 0.6) is 0 Å². The van der Waals surface area contributed by atoms with E-state index in [1.54, 1.807) is 0 Å². The van der Waals surface area contributed by atoms with Crippen molar-refractivity contribution >= 4 is 0 Å². The van der Waals surface area contributed by atoms with Crippen LogP contribution in [0.1, 0.15) is 38.5 Å². The number of unbranched alkanes of at least 4 members (excludes halogenated alkanes) is 4. The maximum Gasteiger partial charge on any atom is 0.00745 e. The lowest BCUT2D eigenvalue weighted by atomic mass is 10.2. The Morgan fingerprint density at radius 3 is 1.50 bits per heavy atom. The lowest BCUT2D eigenvalue weighted by Gasteiger charge is -2.05. The van der Waals surface area contributed by atoms with Crippen LogP contribution in [0.15, 0.2) is 0 Å². The molecule has 0 bridgehead atoms. The summed E-state index contributed by atoms with van der Waals surface area (Å²) in [6.45, 7) is 5.91. The summed E-state index contributed by atoms with van der Waals surface area (Å²) in [6, 6.07) is 0. The van der Waals surface area contributed by atoms with E-state index in [2.05, 4.69) is 10.6 Å². The predicted octanol–water partition coefficient (Wildman–Crippen LogP) is 0.424. The molecule has 0 fully saturated rings. The molecule has 0 aliphatic heterocycles. The molecular formula is C12H30N4. The molecule has 4 heteroatoms. The highest BCUT2D eigenvalue weighted by Crippen LogP contribution is 1.94. The molecule has 0 aromatic rings. The summed E-state index contributed by atoms with van der Waals surface area (Å²) in [6.07, 6.45) is 7.51. The minimum Gasteiger partial charge on any atom is -0.330 e. The van der Waals surface area contributed by atoms with E-state index in [1.807, 2.05) is 0 Å². The first-order chi connectivity index (χ1) is 7.91. The fraction of sp³-hybridized carbons (Fsp3) is 1.00. The van der Waals surface area contributed by atoms with Crippen LogP contribution in [0.2, 0.25) is 0 Å². The lowest BCUT2D eigenvalue weighted by molar-refractivity contribution is 0.557. The van der Waals surface area contributed by atoms with Crippen molar-refractivity contribution in [3.63, 3.8) is 0 Å². The van der Waals surface area contributed by atoms with Crippen molar-refractivity contribution in [2.24, 2.45) is 11.5 Å². The van der Waals surface area contributed by atoms with Gasteiger partial charge in [0.15, 0.2) is 0 Å². The van der Waals surface area contributed by atoms with Crippen LogP contribution in [-0.4, -0.2) is 39.3 Å². The average Bonchev–Trinajstić information content (AvgIpc) is 2.31. The summed E-state index contributed by atoms with van der Waals surface area (Å²) in [7, 11) is 0. The number of nitrogens with two attached hydrogens (primary N) is 2. The molecular weight excluding hydrogens is 200 g/mol. The molecule has 98 valence electrons. The molecule has 0 aromatic carbocycles. The molecule has 0 spiro atoms. The zero-order chi connectivity index (χ0) is 11.9. The quantitative estimate of drug-likeness (QED) is 0.346. The molecule has 0 aliphatic carbocycles. The van der Waals surface area contributed by atoms with Gasteiger partial charge >= 0.3 is 0 Å². The zero-order valence-electron chi connectivity index (χ0n) is 10.6. The fourth-order valence-corrected chi connectivity index (χ4v) is 1.60. The van der Waals surface area contributed by atoms with Crippen molar-refractivity contribution in [1.29, 1.82) is 0 Å². The van der Waals surface area contributed by atoms with E-state index in [9.17, 15) is 0 Å². The summed E-state index contributed by atoms with van der Waals surface area (Å²) in [5.41, 5.74) is 10.8. The third-order valence-corrected chi connectivity index (χ3v) is 2.59. The Hall–Kier alpha value is -0.160. The van der Waals surface area contributed by atoms with Gasteiger partial charge in [0.1, 0.15) is 0 Å². The van der Waals surface area contributed by atoms with Gasteiger partial charge in [-0.25, -0.2) is 0 Å². The van der Waals surface area contributed by atoms with Gasteiger partial charge in [-0.3, -0.25) is 0 Å². The van der Waals surface area contributed by atoms with Gasteiger partial charge in [-0.2, -0.15) is 0 Å². The van der Waals surface area contributed by atoms with Crippen LogP contribution in [0.25, 0.3) is 0 Å². The molecule has 0 atom stereocenters. The Kier molecular flexibility index (Phi) is 14.7. The van der Waals surface area contributed by atoms with Crippen LogP contribution in [0, 0.1) is 0 Å². The lowest BCUT2D eigenvalue weighted by Crippen LogP contribution is -2.23. The zero-order valence-corrected chi connectivity index (χ0v) is 10.6. The van der Waals surface area contributed by atoms with E-state index in [1.165, 1.54) is 32.1 Å². The third kappa shape index (κ3) is 13.8. The Morgan fingerprint density at radius 2 is 1.00 bits per heavy atom. The van der Waals surface area contributed by atoms with E-state index >= 15 is 0 Å². The largest absolute Gasteiger partial charge is 0.330 e. The average molecular weight is 230 g/mol. The Labute approximate surface area is 101 Å². The molecule has 16 heavy (non-hydrogen) atoms. The molecule has 0 amide bonds. The van der Waals surface area contributed by atoms with Crippen molar-refractivity contribution in [3.05, 3.63) is 0 Å². The maximum atomic E-state index is 5.42. The molecule has 0 saturated carbocycles. The second kappa shape index (κ2) is 14.8. The van der Waals surface area contributed by atoms with E-state index in [-0.39, 0.29) is 0 Å². The van der Waals surface area contributed by atoms with Gasteiger partial charge in [-0.05, 0) is 51.9 Å². The monoisotopic (exact) mass is 230 g/mol. The minimum atomic E-state index is 0.740. The SMILES string of the molecule is NCCCCCNCCCCCNCCN. The molecule has 0 aliphatic rings. The first-order valence-electron chi connectivity index (χ1n) is 6.73. The Morgan fingerprint density at radius 1 is 0.500 bits per heavy atom. The van der Waals surface area contributed by atoms with E-state index < -0.39 is 0 Å². The number of hydrogen-bond donors (Lipinski definition) is 4. The molecule has 0 rings (SSSR count). The van der Waals surface area contributed by atoms with Crippen LogP contribution >= 0.6 is 0 Å². The van der Waals surface area contributed by atoms with Gasteiger partial charge in [0.2, 0.25) is 0 Å². The number of nitrogens with one attached hydrogen (secondary N) is 2. The third-order valence-electron chi connectivity index (χ3n) is 2.59. The molecule has 0 saturated heterocycles. The normalized spacial score (nSPS) is 10.9. The summed E-state index contributed by atoms with van der Waals surface area (Å²) in [5.74, 6) is 0.